The van der Waals surface area contributed by atoms with E-state index in [1.807, 2.05) is 0 Å². The molecule has 0 bridgehead atoms. The number of aliphatic carboxylic acids is 2. The quantitative estimate of drug-likeness (QED) is 0.391. The van der Waals surface area contributed by atoms with Crippen molar-refractivity contribution in [3.05, 3.63) is 11.9 Å². The van der Waals surface area contributed by atoms with E-state index in [-0.39, 0.29) is 12.2 Å². The molecule has 0 saturated heterocycles. The molecule has 7 N–H and O–H groups in total. The first-order chi connectivity index (χ1) is 8.40. The van der Waals surface area contributed by atoms with E-state index in [9.17, 15) is 9.59 Å². The molecule has 1 aromatic rings. The molecule has 0 radical (unpaired) electrons. The van der Waals surface area contributed by atoms with Crippen LogP contribution in [0.15, 0.2) is 11.4 Å². The molecule has 1 aromatic heterocycles. The molecule has 0 unspecified atom stereocenters. The summed E-state index contributed by atoms with van der Waals surface area (Å²) in [6.07, 6.45) is 1.60. The number of H-pyrrole nitrogens is 1. The standard InChI is InChI=1S/C9H14N4O4S/c10-5(7(14)15)1-4-2-12-9(13-4)18-3-6(11)8(16)17/h2,5-6H,1,3,10-11H2,(H,12,13)(H,14,15)(H,16,17)/t5-,6+/m0/s1. The molecule has 18 heavy (non-hydrogen) atoms. The highest BCUT2D eigenvalue weighted by atomic mass is 32.2. The molecule has 8 nitrogen and oxygen atoms in total. The predicted molar refractivity (Wildman–Crippen MR) is 64.2 cm³/mol. The molecular formula is C9H14N4O4S. The lowest BCUT2D eigenvalue weighted by Crippen LogP contribution is -2.32. The van der Waals surface area contributed by atoms with Crippen LogP contribution < -0.4 is 11.5 Å². The van der Waals surface area contributed by atoms with Gasteiger partial charge in [-0.05, 0) is 0 Å². The lowest BCUT2D eigenvalue weighted by Gasteiger charge is -2.04. The Bertz CT molecular complexity index is 436. The Labute approximate surface area is 107 Å². The lowest BCUT2D eigenvalue weighted by atomic mass is 10.2. The maximum absolute atomic E-state index is 10.6. The SMILES string of the molecule is N[C@H](CSc1ncc(C[C@H](N)C(=O)O)[nH]1)C(=O)O. The fourth-order valence-corrected chi connectivity index (χ4v) is 1.89. The van der Waals surface area contributed by atoms with Crippen molar-refractivity contribution < 1.29 is 19.8 Å². The van der Waals surface area contributed by atoms with Gasteiger partial charge in [0.15, 0.2) is 5.16 Å². The van der Waals surface area contributed by atoms with Gasteiger partial charge >= 0.3 is 11.9 Å². The average molecular weight is 274 g/mol. The third kappa shape index (κ3) is 4.35. The van der Waals surface area contributed by atoms with Gasteiger partial charge in [0, 0.05) is 24.1 Å². The number of rotatable bonds is 7. The van der Waals surface area contributed by atoms with E-state index in [2.05, 4.69) is 9.97 Å². The number of carboxylic acid groups (broad SMARTS) is 2. The van der Waals surface area contributed by atoms with Crippen LogP contribution in [0.1, 0.15) is 5.69 Å². The number of hydrogen-bond donors (Lipinski definition) is 5. The minimum Gasteiger partial charge on any atom is -0.480 e. The Morgan fingerprint density at radius 3 is 2.50 bits per heavy atom. The number of thioether (sulfide) groups is 1. The molecule has 0 aromatic carbocycles. The summed E-state index contributed by atoms with van der Waals surface area (Å²) >= 11 is 1.15. The van der Waals surface area contributed by atoms with Gasteiger partial charge in [-0.15, -0.1) is 0 Å². The number of nitrogens with zero attached hydrogens (tertiary/aromatic N) is 1. The number of hydrogen-bond acceptors (Lipinski definition) is 6. The van der Waals surface area contributed by atoms with Gasteiger partial charge in [0.05, 0.1) is 0 Å². The summed E-state index contributed by atoms with van der Waals surface area (Å²) in [4.78, 5) is 27.9. The number of aromatic nitrogens is 2. The van der Waals surface area contributed by atoms with Crippen LogP contribution in [0, 0.1) is 0 Å². The minimum atomic E-state index is -1.09. The van der Waals surface area contributed by atoms with Gasteiger partial charge in [-0.1, -0.05) is 11.8 Å². The topological polar surface area (TPSA) is 155 Å². The second-order valence-electron chi connectivity index (χ2n) is 3.62. The largest absolute Gasteiger partial charge is 0.480 e. The minimum absolute atomic E-state index is 0.133. The van der Waals surface area contributed by atoms with Crippen LogP contribution in [0.4, 0.5) is 0 Å². The number of imidazole rings is 1. The molecule has 2 atom stereocenters. The number of nitrogens with two attached hydrogens (primary N) is 2. The van der Waals surface area contributed by atoms with E-state index in [0.717, 1.165) is 11.8 Å². The van der Waals surface area contributed by atoms with Crippen molar-refractivity contribution in [2.45, 2.75) is 23.7 Å². The number of carboxylic acids is 2. The fraction of sp³-hybridized carbons (Fsp3) is 0.444. The van der Waals surface area contributed by atoms with Crippen molar-refractivity contribution in [1.82, 2.24) is 9.97 Å². The van der Waals surface area contributed by atoms with Crippen LogP contribution in [0.3, 0.4) is 0 Å². The highest BCUT2D eigenvalue weighted by molar-refractivity contribution is 7.99. The molecule has 0 aliphatic carbocycles. The molecule has 0 fully saturated rings. The summed E-state index contributed by atoms with van der Waals surface area (Å²) in [6.45, 7) is 0. The number of aromatic amines is 1. The van der Waals surface area contributed by atoms with Crippen LogP contribution >= 0.6 is 11.8 Å². The van der Waals surface area contributed by atoms with Crippen molar-refractivity contribution in [3.63, 3.8) is 0 Å². The summed E-state index contributed by atoms with van der Waals surface area (Å²) in [5.41, 5.74) is 11.3. The van der Waals surface area contributed by atoms with Crippen LogP contribution in [-0.2, 0) is 16.0 Å². The Balaban J connectivity index is 2.48. The molecule has 0 spiro atoms. The maximum Gasteiger partial charge on any atom is 0.321 e. The molecule has 0 saturated carbocycles. The first kappa shape index (κ1) is 14.5. The maximum atomic E-state index is 10.6. The Kier molecular flexibility index (Phi) is 5.13. The van der Waals surface area contributed by atoms with E-state index in [1.54, 1.807) is 0 Å². The van der Waals surface area contributed by atoms with Crippen LogP contribution in [-0.4, -0.2) is 50.0 Å². The molecule has 0 aliphatic rings. The van der Waals surface area contributed by atoms with Crippen molar-refractivity contribution in [1.29, 1.82) is 0 Å². The molecular weight excluding hydrogens is 260 g/mol. The lowest BCUT2D eigenvalue weighted by molar-refractivity contribution is -0.139. The Morgan fingerprint density at radius 1 is 1.33 bits per heavy atom. The summed E-state index contributed by atoms with van der Waals surface area (Å²) in [5, 5.41) is 17.7. The second-order valence-corrected chi connectivity index (χ2v) is 4.63. The van der Waals surface area contributed by atoms with Gasteiger partial charge in [-0.25, -0.2) is 4.98 Å². The summed E-state index contributed by atoms with van der Waals surface area (Å²) < 4.78 is 0. The monoisotopic (exact) mass is 274 g/mol. The Morgan fingerprint density at radius 2 is 1.94 bits per heavy atom. The normalized spacial score (nSPS) is 14.1. The van der Waals surface area contributed by atoms with Crippen molar-refractivity contribution >= 4 is 23.7 Å². The van der Waals surface area contributed by atoms with Gasteiger partial charge in [-0.2, -0.15) is 0 Å². The smallest absolute Gasteiger partial charge is 0.321 e. The van der Waals surface area contributed by atoms with Crippen molar-refractivity contribution in [3.8, 4) is 0 Å². The van der Waals surface area contributed by atoms with Crippen LogP contribution in [0.2, 0.25) is 0 Å². The zero-order valence-corrected chi connectivity index (χ0v) is 10.2. The van der Waals surface area contributed by atoms with E-state index >= 15 is 0 Å². The van der Waals surface area contributed by atoms with E-state index in [0.29, 0.717) is 10.9 Å². The molecule has 9 heteroatoms. The van der Waals surface area contributed by atoms with Crippen molar-refractivity contribution in [2.24, 2.45) is 11.5 Å². The zero-order chi connectivity index (χ0) is 13.7. The average Bonchev–Trinajstić information content (AvgIpc) is 2.73. The van der Waals surface area contributed by atoms with Crippen molar-refractivity contribution in [2.75, 3.05) is 5.75 Å². The third-order valence-electron chi connectivity index (χ3n) is 2.08. The Hall–Kier alpha value is -1.58. The first-order valence-corrected chi connectivity index (χ1v) is 6.02. The van der Waals surface area contributed by atoms with E-state index in [1.165, 1.54) is 6.20 Å². The summed E-state index contributed by atoms with van der Waals surface area (Å²) in [5.74, 6) is -2.00. The summed E-state index contributed by atoms with van der Waals surface area (Å²) in [7, 11) is 0. The highest BCUT2D eigenvalue weighted by Gasteiger charge is 2.15. The fourth-order valence-electron chi connectivity index (χ4n) is 1.08. The second kappa shape index (κ2) is 6.38. The van der Waals surface area contributed by atoms with Gasteiger partial charge < -0.3 is 26.7 Å². The zero-order valence-electron chi connectivity index (χ0n) is 9.37. The van der Waals surface area contributed by atoms with Gasteiger partial charge in [0.2, 0.25) is 0 Å². The first-order valence-electron chi connectivity index (χ1n) is 5.03. The van der Waals surface area contributed by atoms with Crippen LogP contribution in [0.25, 0.3) is 0 Å². The van der Waals surface area contributed by atoms with E-state index in [4.69, 9.17) is 21.7 Å². The van der Waals surface area contributed by atoms with Gasteiger partial charge in [-0.3, -0.25) is 9.59 Å². The van der Waals surface area contributed by atoms with Gasteiger partial charge in [0.1, 0.15) is 12.1 Å². The molecule has 1 rings (SSSR count). The van der Waals surface area contributed by atoms with Gasteiger partial charge in [0.25, 0.3) is 0 Å². The number of carbonyl (C=O) groups is 2. The molecule has 0 amide bonds. The third-order valence-corrected chi connectivity index (χ3v) is 3.09. The molecule has 100 valence electrons. The highest BCUT2D eigenvalue weighted by Crippen LogP contribution is 2.15. The van der Waals surface area contributed by atoms with E-state index < -0.39 is 24.0 Å². The summed E-state index contributed by atoms with van der Waals surface area (Å²) in [6, 6.07) is -1.96. The predicted octanol–water partition coefficient (Wildman–Crippen LogP) is -1.13. The van der Waals surface area contributed by atoms with Crippen LogP contribution in [0.5, 0.6) is 0 Å². The number of nitrogens with one attached hydrogen (secondary N) is 1. The molecule has 0 aliphatic heterocycles. The molecule has 1 heterocycles.